The van der Waals surface area contributed by atoms with Crippen molar-refractivity contribution < 1.29 is 13.9 Å². The van der Waals surface area contributed by atoms with Gasteiger partial charge >= 0.3 is 0 Å². The van der Waals surface area contributed by atoms with Crippen LogP contribution in [0.2, 0.25) is 0 Å². The van der Waals surface area contributed by atoms with E-state index in [1.807, 2.05) is 13.8 Å². The molecule has 0 aliphatic carbocycles. The van der Waals surface area contributed by atoms with Gasteiger partial charge in [-0.2, -0.15) is 0 Å². The summed E-state index contributed by atoms with van der Waals surface area (Å²) in [4.78, 5) is 0. The van der Waals surface area contributed by atoms with Gasteiger partial charge in [-0.1, -0.05) is 26.0 Å². The first-order valence-electron chi connectivity index (χ1n) is 5.70. The summed E-state index contributed by atoms with van der Waals surface area (Å²) in [5.41, 5.74) is 5.34. The van der Waals surface area contributed by atoms with Crippen molar-refractivity contribution in [2.75, 3.05) is 13.2 Å². The molecule has 3 N–H and O–H groups in total. The monoisotopic (exact) mass is 243 g/mol. The minimum Gasteiger partial charge on any atom is -0.396 e. The van der Waals surface area contributed by atoms with Gasteiger partial charge in [-0.25, -0.2) is 8.78 Å². The molecule has 1 atom stereocenters. The standard InChI is InChI=1S/C13H19F2NO/c1-9(2)13(7-16,8-17)6-10-4-3-5-11(14)12(10)15/h3-5,9,17H,6-8,16H2,1-2H3. The lowest BCUT2D eigenvalue weighted by molar-refractivity contribution is 0.0832. The minimum atomic E-state index is -0.866. The molecule has 0 saturated carbocycles. The Labute approximate surface area is 100 Å². The Kier molecular flexibility index (Phi) is 4.60. The molecule has 4 heteroatoms. The van der Waals surface area contributed by atoms with E-state index in [0.717, 1.165) is 6.07 Å². The SMILES string of the molecule is CC(C)C(CN)(CO)Cc1cccc(F)c1F. The Balaban J connectivity index is 3.06. The number of halogens is 2. The van der Waals surface area contributed by atoms with Crippen LogP contribution in [0.15, 0.2) is 18.2 Å². The van der Waals surface area contributed by atoms with Gasteiger partial charge < -0.3 is 10.8 Å². The van der Waals surface area contributed by atoms with Crippen LogP contribution in [0.25, 0.3) is 0 Å². The van der Waals surface area contributed by atoms with Crippen LogP contribution in [0.4, 0.5) is 8.78 Å². The maximum Gasteiger partial charge on any atom is 0.162 e. The molecule has 0 radical (unpaired) electrons. The maximum atomic E-state index is 13.6. The molecule has 0 aromatic heterocycles. The van der Waals surface area contributed by atoms with Gasteiger partial charge in [0, 0.05) is 12.0 Å². The summed E-state index contributed by atoms with van der Waals surface area (Å²) in [5.74, 6) is -1.63. The molecule has 0 aliphatic heterocycles. The normalized spacial score (nSPS) is 15.0. The van der Waals surface area contributed by atoms with E-state index in [1.54, 1.807) is 0 Å². The summed E-state index contributed by atoms with van der Waals surface area (Å²) in [6.45, 7) is 3.93. The Morgan fingerprint density at radius 1 is 1.35 bits per heavy atom. The number of nitrogens with two attached hydrogens (primary N) is 1. The van der Waals surface area contributed by atoms with Gasteiger partial charge in [0.2, 0.25) is 0 Å². The second-order valence-electron chi connectivity index (χ2n) is 4.77. The van der Waals surface area contributed by atoms with E-state index >= 15 is 0 Å². The van der Waals surface area contributed by atoms with E-state index in [9.17, 15) is 13.9 Å². The van der Waals surface area contributed by atoms with E-state index in [2.05, 4.69) is 0 Å². The molecule has 1 unspecified atom stereocenters. The second-order valence-corrected chi connectivity index (χ2v) is 4.77. The minimum absolute atomic E-state index is 0.0835. The van der Waals surface area contributed by atoms with Crippen molar-refractivity contribution >= 4 is 0 Å². The number of rotatable bonds is 5. The summed E-state index contributed by atoms with van der Waals surface area (Å²) in [7, 11) is 0. The molecule has 1 aromatic rings. The van der Waals surface area contributed by atoms with E-state index in [0.29, 0.717) is 0 Å². The van der Waals surface area contributed by atoms with E-state index in [1.165, 1.54) is 12.1 Å². The summed E-state index contributed by atoms with van der Waals surface area (Å²) < 4.78 is 26.7. The number of hydrogen-bond donors (Lipinski definition) is 2. The fraction of sp³-hybridized carbons (Fsp3) is 0.538. The Hall–Kier alpha value is -1.00. The highest BCUT2D eigenvalue weighted by Gasteiger charge is 2.33. The van der Waals surface area contributed by atoms with E-state index in [-0.39, 0.29) is 31.1 Å². The molecule has 0 saturated heterocycles. The summed E-state index contributed by atoms with van der Waals surface area (Å²) in [5, 5.41) is 9.47. The molecule has 0 aliphatic rings. The van der Waals surface area contributed by atoms with E-state index in [4.69, 9.17) is 5.73 Å². The van der Waals surface area contributed by atoms with Crippen LogP contribution in [-0.4, -0.2) is 18.3 Å². The molecular formula is C13H19F2NO. The van der Waals surface area contributed by atoms with Crippen molar-refractivity contribution in [1.82, 2.24) is 0 Å². The molecule has 2 nitrogen and oxygen atoms in total. The lowest BCUT2D eigenvalue weighted by Crippen LogP contribution is -2.41. The van der Waals surface area contributed by atoms with Gasteiger partial charge in [-0.05, 0) is 24.0 Å². The number of aliphatic hydroxyl groups excluding tert-OH is 1. The van der Waals surface area contributed by atoms with Crippen LogP contribution in [0, 0.1) is 23.0 Å². The van der Waals surface area contributed by atoms with Crippen molar-refractivity contribution in [1.29, 1.82) is 0 Å². The Bertz CT molecular complexity index is 376. The first-order chi connectivity index (χ1) is 7.96. The molecule has 96 valence electrons. The van der Waals surface area contributed by atoms with Crippen molar-refractivity contribution in [2.45, 2.75) is 20.3 Å². The van der Waals surface area contributed by atoms with Gasteiger partial charge in [0.1, 0.15) is 0 Å². The topological polar surface area (TPSA) is 46.2 Å². The van der Waals surface area contributed by atoms with E-state index < -0.39 is 17.0 Å². The third-order valence-corrected chi connectivity index (χ3v) is 3.52. The van der Waals surface area contributed by atoms with Crippen molar-refractivity contribution in [3.8, 4) is 0 Å². The molecule has 1 aromatic carbocycles. The highest BCUT2D eigenvalue weighted by atomic mass is 19.2. The predicted octanol–water partition coefficient (Wildman–Crippen LogP) is 2.10. The maximum absolute atomic E-state index is 13.6. The zero-order chi connectivity index (χ0) is 13.1. The van der Waals surface area contributed by atoms with Crippen molar-refractivity contribution in [3.05, 3.63) is 35.4 Å². The van der Waals surface area contributed by atoms with Crippen molar-refractivity contribution in [3.63, 3.8) is 0 Å². The Morgan fingerprint density at radius 3 is 2.47 bits per heavy atom. The number of hydrogen-bond acceptors (Lipinski definition) is 2. The predicted molar refractivity (Wildman–Crippen MR) is 63.5 cm³/mol. The smallest absolute Gasteiger partial charge is 0.162 e. The first kappa shape index (κ1) is 14.1. The van der Waals surface area contributed by atoms with Crippen LogP contribution in [-0.2, 0) is 6.42 Å². The fourth-order valence-electron chi connectivity index (χ4n) is 1.88. The Morgan fingerprint density at radius 2 is 2.00 bits per heavy atom. The second kappa shape index (κ2) is 5.56. The van der Waals surface area contributed by atoms with Gasteiger partial charge in [0.25, 0.3) is 0 Å². The third kappa shape index (κ3) is 2.82. The molecule has 0 fully saturated rings. The summed E-state index contributed by atoms with van der Waals surface area (Å²) in [6, 6.07) is 4.07. The lowest BCUT2D eigenvalue weighted by Gasteiger charge is -2.35. The van der Waals surface area contributed by atoms with Crippen molar-refractivity contribution in [2.24, 2.45) is 17.1 Å². The van der Waals surface area contributed by atoms with Crippen LogP contribution in [0.3, 0.4) is 0 Å². The summed E-state index contributed by atoms with van der Waals surface area (Å²) in [6.07, 6.45) is 0.237. The third-order valence-electron chi connectivity index (χ3n) is 3.52. The zero-order valence-electron chi connectivity index (χ0n) is 10.2. The van der Waals surface area contributed by atoms with Crippen LogP contribution in [0.5, 0.6) is 0 Å². The quantitative estimate of drug-likeness (QED) is 0.832. The highest BCUT2D eigenvalue weighted by Crippen LogP contribution is 2.31. The van der Waals surface area contributed by atoms with Crippen LogP contribution in [0.1, 0.15) is 19.4 Å². The number of benzene rings is 1. The summed E-state index contributed by atoms with van der Waals surface area (Å²) >= 11 is 0. The molecule has 1 rings (SSSR count). The van der Waals surface area contributed by atoms with Gasteiger partial charge in [0.05, 0.1) is 6.61 Å². The van der Waals surface area contributed by atoms with Gasteiger partial charge in [0.15, 0.2) is 11.6 Å². The number of aliphatic hydroxyl groups is 1. The van der Waals surface area contributed by atoms with Crippen LogP contribution >= 0.6 is 0 Å². The fourth-order valence-corrected chi connectivity index (χ4v) is 1.88. The molecule has 0 bridgehead atoms. The molecule has 0 amide bonds. The van der Waals surface area contributed by atoms with Gasteiger partial charge in [-0.3, -0.25) is 0 Å². The largest absolute Gasteiger partial charge is 0.396 e. The molecule has 0 spiro atoms. The lowest BCUT2D eigenvalue weighted by atomic mass is 9.73. The molecule has 0 heterocycles. The highest BCUT2D eigenvalue weighted by molar-refractivity contribution is 5.21. The average molecular weight is 243 g/mol. The van der Waals surface area contributed by atoms with Crippen LogP contribution < -0.4 is 5.73 Å². The first-order valence-corrected chi connectivity index (χ1v) is 5.70. The molecular weight excluding hydrogens is 224 g/mol. The zero-order valence-corrected chi connectivity index (χ0v) is 10.2. The molecule has 17 heavy (non-hydrogen) atoms. The average Bonchev–Trinajstić information content (AvgIpc) is 2.31. The van der Waals surface area contributed by atoms with Gasteiger partial charge in [-0.15, -0.1) is 0 Å².